The summed E-state index contributed by atoms with van der Waals surface area (Å²) in [5.74, 6) is 4.17. The molecular weight excluding hydrogens is 218 g/mol. The zero-order chi connectivity index (χ0) is 11.6. The average Bonchev–Trinajstić information content (AvgIpc) is 2.30. The minimum atomic E-state index is 0.334. The molecule has 0 spiro atoms. The van der Waals surface area contributed by atoms with Crippen molar-refractivity contribution in [3.63, 3.8) is 0 Å². The second kappa shape index (κ2) is 9.32. The highest BCUT2D eigenvalue weighted by Gasteiger charge is 2.17. The second-order valence-electron chi connectivity index (χ2n) is 5.02. The maximum Gasteiger partial charge on any atom is 0.0438 e. The van der Waals surface area contributed by atoms with Crippen LogP contribution in [0.15, 0.2) is 0 Å². The highest BCUT2D eigenvalue weighted by molar-refractivity contribution is 7.99. The van der Waals surface area contributed by atoms with Crippen LogP contribution in [0.1, 0.15) is 39.0 Å². The van der Waals surface area contributed by atoms with Crippen molar-refractivity contribution in [2.45, 2.75) is 39.0 Å². The van der Waals surface area contributed by atoms with E-state index in [9.17, 15) is 0 Å². The Kier molecular flexibility index (Phi) is 8.34. The summed E-state index contributed by atoms with van der Waals surface area (Å²) < 4.78 is 0. The molecule has 0 saturated heterocycles. The molecule has 96 valence electrons. The van der Waals surface area contributed by atoms with Gasteiger partial charge in [0.25, 0.3) is 0 Å². The Morgan fingerprint density at radius 3 is 2.62 bits per heavy atom. The monoisotopic (exact) mass is 245 g/mol. The van der Waals surface area contributed by atoms with Crippen LogP contribution in [0.5, 0.6) is 0 Å². The third-order valence-corrected chi connectivity index (χ3v) is 4.51. The summed E-state index contributed by atoms with van der Waals surface area (Å²) in [5.41, 5.74) is 0. The summed E-state index contributed by atoms with van der Waals surface area (Å²) in [4.78, 5) is 0. The second-order valence-corrected chi connectivity index (χ2v) is 6.24. The zero-order valence-electron chi connectivity index (χ0n) is 10.6. The Balaban J connectivity index is 1.84. The predicted octanol–water partition coefficient (Wildman–Crippen LogP) is 2.52. The molecular formula is C13H27NOS. The van der Waals surface area contributed by atoms with Gasteiger partial charge >= 0.3 is 0 Å². The van der Waals surface area contributed by atoms with Crippen LogP contribution in [0, 0.1) is 11.8 Å². The highest BCUT2D eigenvalue weighted by atomic mass is 32.2. The van der Waals surface area contributed by atoms with Gasteiger partial charge in [-0.3, -0.25) is 0 Å². The average molecular weight is 245 g/mol. The molecule has 0 aromatic rings. The third-order valence-electron chi connectivity index (χ3n) is 3.44. The maximum absolute atomic E-state index is 8.63. The number of nitrogens with one attached hydrogen (secondary N) is 1. The van der Waals surface area contributed by atoms with E-state index in [0.717, 1.165) is 30.6 Å². The van der Waals surface area contributed by atoms with E-state index in [-0.39, 0.29) is 0 Å². The summed E-state index contributed by atoms with van der Waals surface area (Å²) in [6.45, 7) is 5.05. The SMILES string of the molecule is CC1CCC(CNCCSCCCO)CC1. The first-order valence-corrected chi connectivity index (χ1v) is 7.87. The van der Waals surface area contributed by atoms with Gasteiger partial charge in [-0.25, -0.2) is 0 Å². The first-order chi connectivity index (χ1) is 7.83. The van der Waals surface area contributed by atoms with Crippen molar-refractivity contribution in [2.75, 3.05) is 31.2 Å². The Labute approximate surface area is 105 Å². The molecule has 0 aromatic carbocycles. The number of aliphatic hydroxyl groups is 1. The van der Waals surface area contributed by atoms with Crippen LogP contribution in [0.4, 0.5) is 0 Å². The predicted molar refractivity (Wildman–Crippen MR) is 73.0 cm³/mol. The first kappa shape index (κ1) is 14.3. The lowest BCUT2D eigenvalue weighted by Crippen LogP contribution is -2.27. The van der Waals surface area contributed by atoms with Crippen LogP contribution < -0.4 is 5.32 Å². The van der Waals surface area contributed by atoms with Gasteiger partial charge in [-0.15, -0.1) is 0 Å². The maximum atomic E-state index is 8.63. The van der Waals surface area contributed by atoms with Crippen LogP contribution >= 0.6 is 11.8 Å². The molecule has 0 atom stereocenters. The number of aliphatic hydroxyl groups excluding tert-OH is 1. The van der Waals surface area contributed by atoms with Crippen LogP contribution in [-0.2, 0) is 0 Å². The van der Waals surface area contributed by atoms with Crippen LogP contribution in [-0.4, -0.2) is 36.3 Å². The number of hydrogen-bond acceptors (Lipinski definition) is 3. The fraction of sp³-hybridized carbons (Fsp3) is 1.00. The molecule has 1 aliphatic carbocycles. The van der Waals surface area contributed by atoms with Gasteiger partial charge in [0.2, 0.25) is 0 Å². The lowest BCUT2D eigenvalue weighted by atomic mass is 9.83. The molecule has 0 amide bonds. The van der Waals surface area contributed by atoms with Gasteiger partial charge < -0.3 is 10.4 Å². The van der Waals surface area contributed by atoms with Crippen LogP contribution in [0.25, 0.3) is 0 Å². The Hall–Kier alpha value is 0.270. The molecule has 1 aliphatic rings. The molecule has 0 aliphatic heterocycles. The smallest absolute Gasteiger partial charge is 0.0438 e. The van der Waals surface area contributed by atoms with Gasteiger partial charge in [-0.2, -0.15) is 11.8 Å². The molecule has 0 aromatic heterocycles. The first-order valence-electron chi connectivity index (χ1n) is 6.72. The molecule has 1 fully saturated rings. The molecule has 0 unspecified atom stereocenters. The quantitative estimate of drug-likeness (QED) is 0.645. The fourth-order valence-electron chi connectivity index (χ4n) is 2.25. The van der Waals surface area contributed by atoms with Crippen molar-refractivity contribution in [1.82, 2.24) is 5.32 Å². The number of rotatable bonds is 8. The molecule has 3 heteroatoms. The molecule has 2 N–H and O–H groups in total. The van der Waals surface area contributed by atoms with Crippen LogP contribution in [0.3, 0.4) is 0 Å². The Morgan fingerprint density at radius 1 is 1.19 bits per heavy atom. The highest BCUT2D eigenvalue weighted by Crippen LogP contribution is 2.27. The molecule has 0 heterocycles. The molecule has 2 nitrogen and oxygen atoms in total. The van der Waals surface area contributed by atoms with Crippen molar-refractivity contribution in [2.24, 2.45) is 11.8 Å². The van der Waals surface area contributed by atoms with Crippen molar-refractivity contribution >= 4 is 11.8 Å². The molecule has 1 rings (SSSR count). The lowest BCUT2D eigenvalue weighted by molar-refractivity contribution is 0.283. The van der Waals surface area contributed by atoms with E-state index in [4.69, 9.17) is 5.11 Å². The summed E-state index contributed by atoms with van der Waals surface area (Å²) in [6.07, 6.45) is 6.64. The number of hydrogen-bond donors (Lipinski definition) is 2. The minimum absolute atomic E-state index is 0.334. The minimum Gasteiger partial charge on any atom is -0.396 e. The zero-order valence-corrected chi connectivity index (χ0v) is 11.4. The molecule has 0 radical (unpaired) electrons. The van der Waals surface area contributed by atoms with E-state index in [1.54, 1.807) is 0 Å². The summed E-state index contributed by atoms with van der Waals surface area (Å²) in [7, 11) is 0. The molecule has 0 bridgehead atoms. The van der Waals surface area contributed by atoms with Crippen molar-refractivity contribution in [3.8, 4) is 0 Å². The van der Waals surface area contributed by atoms with Gasteiger partial charge in [-0.05, 0) is 43.4 Å². The largest absolute Gasteiger partial charge is 0.396 e. The van der Waals surface area contributed by atoms with E-state index in [1.165, 1.54) is 38.0 Å². The molecule has 1 saturated carbocycles. The van der Waals surface area contributed by atoms with Gasteiger partial charge in [-0.1, -0.05) is 19.8 Å². The third kappa shape index (κ3) is 6.77. The summed E-state index contributed by atoms with van der Waals surface area (Å²) in [6, 6.07) is 0. The van der Waals surface area contributed by atoms with E-state index < -0.39 is 0 Å². The van der Waals surface area contributed by atoms with E-state index >= 15 is 0 Å². The van der Waals surface area contributed by atoms with E-state index in [1.807, 2.05) is 11.8 Å². The normalized spacial score (nSPS) is 25.9. The van der Waals surface area contributed by atoms with Gasteiger partial charge in [0.05, 0.1) is 0 Å². The Morgan fingerprint density at radius 2 is 1.94 bits per heavy atom. The lowest BCUT2D eigenvalue weighted by Gasteiger charge is -2.26. The topological polar surface area (TPSA) is 32.3 Å². The van der Waals surface area contributed by atoms with Crippen molar-refractivity contribution in [1.29, 1.82) is 0 Å². The standard InChI is InChI=1S/C13H27NOS/c1-12-3-5-13(6-4-12)11-14-7-10-16-9-2-8-15/h12-15H,2-11H2,1H3. The van der Waals surface area contributed by atoms with Crippen molar-refractivity contribution < 1.29 is 5.11 Å². The van der Waals surface area contributed by atoms with Gasteiger partial charge in [0.1, 0.15) is 0 Å². The van der Waals surface area contributed by atoms with Crippen LogP contribution in [0.2, 0.25) is 0 Å². The van der Waals surface area contributed by atoms with Gasteiger partial charge in [0, 0.05) is 18.9 Å². The Bertz CT molecular complexity index is 158. The van der Waals surface area contributed by atoms with Gasteiger partial charge in [0.15, 0.2) is 0 Å². The summed E-state index contributed by atoms with van der Waals surface area (Å²) in [5, 5.41) is 12.2. The van der Waals surface area contributed by atoms with E-state index in [2.05, 4.69) is 12.2 Å². The fourth-order valence-corrected chi connectivity index (χ4v) is 3.08. The van der Waals surface area contributed by atoms with Crippen molar-refractivity contribution in [3.05, 3.63) is 0 Å². The summed E-state index contributed by atoms with van der Waals surface area (Å²) >= 11 is 1.94. The molecule has 16 heavy (non-hydrogen) atoms. The van der Waals surface area contributed by atoms with E-state index in [0.29, 0.717) is 6.61 Å². The number of thioether (sulfide) groups is 1.